The summed E-state index contributed by atoms with van der Waals surface area (Å²) in [6.07, 6.45) is 9.25. The van der Waals surface area contributed by atoms with Crippen LogP contribution in [0.2, 0.25) is 0 Å². The fourth-order valence-electron chi connectivity index (χ4n) is 2.77. The molecule has 1 aliphatic rings. The van der Waals surface area contributed by atoms with E-state index in [0.717, 1.165) is 36.5 Å². The summed E-state index contributed by atoms with van der Waals surface area (Å²) in [5, 5.41) is 9.42. The number of aryl methyl sites for hydroxylation is 1. The molecule has 1 aliphatic carbocycles. The van der Waals surface area contributed by atoms with Crippen molar-refractivity contribution in [3.05, 3.63) is 11.6 Å². The smallest absolute Gasteiger partial charge is 0.143 e. The van der Waals surface area contributed by atoms with Gasteiger partial charge >= 0.3 is 0 Å². The molecular weight excluding hydrogens is 278 g/mol. The Kier molecular flexibility index (Phi) is 5.01. The lowest BCUT2D eigenvalue weighted by molar-refractivity contribution is 0.485. The topological polar surface area (TPSA) is 30.7 Å². The van der Waals surface area contributed by atoms with Crippen molar-refractivity contribution in [2.24, 2.45) is 5.92 Å². The second kappa shape index (κ2) is 6.53. The minimum Gasteiger partial charge on any atom is -0.314 e. The third-order valence-corrected chi connectivity index (χ3v) is 4.22. The summed E-state index contributed by atoms with van der Waals surface area (Å²) in [5.41, 5.74) is 0. The van der Waals surface area contributed by atoms with E-state index >= 15 is 0 Å². The summed E-state index contributed by atoms with van der Waals surface area (Å²) in [6, 6.07) is 0. The Labute approximate surface area is 112 Å². The zero-order valence-electron chi connectivity index (χ0n) is 10.7. The highest BCUT2D eigenvalue weighted by atomic mass is 79.9. The van der Waals surface area contributed by atoms with E-state index in [2.05, 4.69) is 37.6 Å². The molecule has 1 aromatic rings. The van der Waals surface area contributed by atoms with Gasteiger partial charge in [0.1, 0.15) is 11.6 Å². The van der Waals surface area contributed by atoms with Crippen LogP contribution in [-0.4, -0.2) is 14.8 Å². The fraction of sp³-hybridized carbons (Fsp3) is 0.846. The lowest BCUT2D eigenvalue weighted by atomic mass is 10.0. The minimum atomic E-state index is 0.809. The van der Waals surface area contributed by atoms with Crippen LogP contribution in [0.1, 0.15) is 57.1 Å². The quantitative estimate of drug-likeness (QED) is 0.750. The van der Waals surface area contributed by atoms with Gasteiger partial charge in [-0.1, -0.05) is 48.5 Å². The SMILES string of the molecule is CCCn1c(CBr)nnc1CCC1CCCC1. The average Bonchev–Trinajstić information content (AvgIpc) is 2.96. The molecule has 17 heavy (non-hydrogen) atoms. The highest BCUT2D eigenvalue weighted by Crippen LogP contribution is 2.28. The first-order chi connectivity index (χ1) is 8.35. The summed E-state index contributed by atoms with van der Waals surface area (Å²) >= 11 is 3.49. The first kappa shape index (κ1) is 13.1. The molecule has 96 valence electrons. The molecule has 0 bridgehead atoms. The maximum absolute atomic E-state index is 4.35. The summed E-state index contributed by atoms with van der Waals surface area (Å²) in [5.74, 6) is 3.20. The van der Waals surface area contributed by atoms with Gasteiger partial charge in [-0.05, 0) is 18.8 Å². The predicted molar refractivity (Wildman–Crippen MR) is 73.2 cm³/mol. The number of alkyl halides is 1. The van der Waals surface area contributed by atoms with Crippen LogP contribution in [-0.2, 0) is 18.3 Å². The van der Waals surface area contributed by atoms with Gasteiger partial charge in [0.25, 0.3) is 0 Å². The highest BCUT2D eigenvalue weighted by Gasteiger charge is 2.17. The predicted octanol–water partition coefficient (Wildman–Crippen LogP) is 3.71. The van der Waals surface area contributed by atoms with Crippen LogP contribution in [0.15, 0.2) is 0 Å². The van der Waals surface area contributed by atoms with Crippen LogP contribution in [0.25, 0.3) is 0 Å². The molecule has 0 amide bonds. The molecule has 0 N–H and O–H groups in total. The van der Waals surface area contributed by atoms with E-state index in [1.165, 1.54) is 37.9 Å². The van der Waals surface area contributed by atoms with E-state index in [1.807, 2.05) is 0 Å². The Morgan fingerprint density at radius 2 is 1.94 bits per heavy atom. The molecule has 1 fully saturated rings. The highest BCUT2D eigenvalue weighted by molar-refractivity contribution is 9.08. The Balaban J connectivity index is 1.96. The lowest BCUT2D eigenvalue weighted by Crippen LogP contribution is -2.08. The molecule has 1 aromatic heterocycles. The number of halogens is 1. The molecule has 0 atom stereocenters. The molecule has 3 nitrogen and oxygen atoms in total. The molecule has 0 aromatic carbocycles. The van der Waals surface area contributed by atoms with Gasteiger partial charge in [-0.3, -0.25) is 0 Å². The monoisotopic (exact) mass is 299 g/mol. The first-order valence-electron chi connectivity index (χ1n) is 6.82. The van der Waals surface area contributed by atoms with Crippen molar-refractivity contribution in [1.29, 1.82) is 0 Å². The Bertz CT molecular complexity index is 342. The van der Waals surface area contributed by atoms with E-state index in [1.54, 1.807) is 0 Å². The Morgan fingerprint density at radius 3 is 2.59 bits per heavy atom. The number of aromatic nitrogens is 3. The third kappa shape index (κ3) is 3.30. The van der Waals surface area contributed by atoms with Crippen LogP contribution >= 0.6 is 15.9 Å². The average molecular weight is 300 g/mol. The van der Waals surface area contributed by atoms with Crippen LogP contribution in [0, 0.1) is 5.92 Å². The molecule has 0 spiro atoms. The van der Waals surface area contributed by atoms with Gasteiger partial charge in [0.2, 0.25) is 0 Å². The van der Waals surface area contributed by atoms with E-state index in [9.17, 15) is 0 Å². The molecule has 0 unspecified atom stereocenters. The standard InChI is InChI=1S/C13H22BrN3/c1-2-9-17-12(15-16-13(17)10-14)8-7-11-5-3-4-6-11/h11H,2-10H2,1H3. The molecule has 2 rings (SSSR count). The van der Waals surface area contributed by atoms with E-state index in [4.69, 9.17) is 0 Å². The van der Waals surface area contributed by atoms with Gasteiger partial charge in [0.05, 0.1) is 5.33 Å². The van der Waals surface area contributed by atoms with Gasteiger partial charge < -0.3 is 4.57 Å². The molecular formula is C13H22BrN3. The first-order valence-corrected chi connectivity index (χ1v) is 7.94. The van der Waals surface area contributed by atoms with Gasteiger partial charge in [-0.25, -0.2) is 0 Å². The molecule has 0 saturated heterocycles. The summed E-state index contributed by atoms with van der Waals surface area (Å²) in [7, 11) is 0. The van der Waals surface area contributed by atoms with Crippen LogP contribution < -0.4 is 0 Å². The number of hydrogen-bond acceptors (Lipinski definition) is 2. The van der Waals surface area contributed by atoms with Crippen LogP contribution in [0.5, 0.6) is 0 Å². The van der Waals surface area contributed by atoms with Crippen molar-refractivity contribution in [3.8, 4) is 0 Å². The Hall–Kier alpha value is -0.380. The van der Waals surface area contributed by atoms with Crippen molar-refractivity contribution in [2.75, 3.05) is 0 Å². The van der Waals surface area contributed by atoms with Crippen LogP contribution in [0.4, 0.5) is 0 Å². The minimum absolute atomic E-state index is 0.809. The number of hydrogen-bond donors (Lipinski definition) is 0. The fourth-order valence-corrected chi connectivity index (χ4v) is 3.19. The Morgan fingerprint density at radius 1 is 1.24 bits per heavy atom. The van der Waals surface area contributed by atoms with Crippen molar-refractivity contribution in [2.45, 2.75) is 63.7 Å². The molecule has 1 heterocycles. The molecule has 0 aliphatic heterocycles. The zero-order chi connectivity index (χ0) is 12.1. The van der Waals surface area contributed by atoms with E-state index in [-0.39, 0.29) is 0 Å². The second-order valence-electron chi connectivity index (χ2n) is 5.01. The summed E-state index contributed by atoms with van der Waals surface area (Å²) in [6.45, 7) is 3.26. The maximum Gasteiger partial charge on any atom is 0.143 e. The zero-order valence-corrected chi connectivity index (χ0v) is 12.2. The molecule has 1 saturated carbocycles. The number of nitrogens with zero attached hydrogens (tertiary/aromatic N) is 3. The normalized spacial score (nSPS) is 16.8. The van der Waals surface area contributed by atoms with Crippen LogP contribution in [0.3, 0.4) is 0 Å². The van der Waals surface area contributed by atoms with Gasteiger partial charge in [0, 0.05) is 13.0 Å². The number of rotatable bonds is 6. The van der Waals surface area contributed by atoms with E-state index in [0.29, 0.717) is 0 Å². The van der Waals surface area contributed by atoms with Crippen molar-refractivity contribution < 1.29 is 0 Å². The molecule has 0 radical (unpaired) electrons. The van der Waals surface area contributed by atoms with Gasteiger partial charge in [-0.15, -0.1) is 10.2 Å². The second-order valence-corrected chi connectivity index (χ2v) is 5.57. The maximum atomic E-state index is 4.35. The summed E-state index contributed by atoms with van der Waals surface area (Å²) < 4.78 is 2.30. The summed E-state index contributed by atoms with van der Waals surface area (Å²) in [4.78, 5) is 0. The van der Waals surface area contributed by atoms with E-state index < -0.39 is 0 Å². The molecule has 4 heteroatoms. The van der Waals surface area contributed by atoms with Crippen molar-refractivity contribution >= 4 is 15.9 Å². The van der Waals surface area contributed by atoms with Crippen molar-refractivity contribution in [3.63, 3.8) is 0 Å². The lowest BCUT2D eigenvalue weighted by Gasteiger charge is -2.10. The largest absolute Gasteiger partial charge is 0.314 e. The van der Waals surface area contributed by atoms with Gasteiger partial charge in [-0.2, -0.15) is 0 Å². The van der Waals surface area contributed by atoms with Gasteiger partial charge in [0.15, 0.2) is 0 Å². The van der Waals surface area contributed by atoms with Crippen molar-refractivity contribution in [1.82, 2.24) is 14.8 Å². The third-order valence-electron chi connectivity index (χ3n) is 3.72.